The van der Waals surface area contributed by atoms with Crippen LogP contribution in [-0.4, -0.2) is 48.6 Å². The second-order valence-electron chi connectivity index (χ2n) is 7.19. The van der Waals surface area contributed by atoms with E-state index in [0.29, 0.717) is 29.1 Å². The summed E-state index contributed by atoms with van der Waals surface area (Å²) in [7, 11) is 0. The number of hydrogen-bond acceptors (Lipinski definition) is 8. The Morgan fingerprint density at radius 2 is 2.10 bits per heavy atom. The molecular formula is C20H22N8O. The number of rotatable bonds is 6. The first-order valence-corrected chi connectivity index (χ1v) is 9.70. The van der Waals surface area contributed by atoms with Crippen molar-refractivity contribution in [2.75, 3.05) is 24.1 Å². The second kappa shape index (κ2) is 7.51. The molecule has 29 heavy (non-hydrogen) atoms. The maximum atomic E-state index is 6.10. The Labute approximate surface area is 167 Å². The van der Waals surface area contributed by atoms with Gasteiger partial charge in [0.2, 0.25) is 11.8 Å². The highest BCUT2D eigenvalue weighted by Crippen LogP contribution is 2.22. The minimum absolute atomic E-state index is 0.287. The lowest BCUT2D eigenvalue weighted by atomic mass is 10.2. The number of nitrogen functional groups attached to an aromatic ring is 1. The molecule has 0 radical (unpaired) electrons. The van der Waals surface area contributed by atoms with E-state index in [0.717, 1.165) is 26.1 Å². The van der Waals surface area contributed by atoms with Crippen LogP contribution in [0.25, 0.3) is 17.2 Å². The molecule has 1 aliphatic rings. The van der Waals surface area contributed by atoms with Gasteiger partial charge < -0.3 is 15.5 Å². The van der Waals surface area contributed by atoms with Crippen molar-refractivity contribution in [1.82, 2.24) is 29.5 Å². The maximum absolute atomic E-state index is 6.10. The zero-order valence-electron chi connectivity index (χ0n) is 15.9. The average molecular weight is 390 g/mol. The molecule has 5 rings (SSSR count). The largest absolute Gasteiger partial charge is 0.461 e. The molecule has 4 aromatic heterocycles. The molecule has 0 aromatic carbocycles. The van der Waals surface area contributed by atoms with Crippen LogP contribution in [0.2, 0.25) is 0 Å². The summed E-state index contributed by atoms with van der Waals surface area (Å²) in [6.45, 7) is 2.83. The minimum Gasteiger partial charge on any atom is -0.461 e. The number of hydrogen-bond donors (Lipinski definition) is 2. The number of nitrogens with zero attached hydrogens (tertiary/aromatic N) is 6. The van der Waals surface area contributed by atoms with E-state index in [-0.39, 0.29) is 5.95 Å². The quantitative estimate of drug-likeness (QED) is 0.516. The third kappa shape index (κ3) is 3.64. The summed E-state index contributed by atoms with van der Waals surface area (Å²) in [6, 6.07) is 10.1. The molecule has 1 saturated heterocycles. The minimum atomic E-state index is 0.287. The summed E-state index contributed by atoms with van der Waals surface area (Å²) in [6.07, 6.45) is 7.63. The summed E-state index contributed by atoms with van der Waals surface area (Å²) >= 11 is 0. The molecule has 148 valence electrons. The third-order valence-corrected chi connectivity index (χ3v) is 5.24. The van der Waals surface area contributed by atoms with E-state index < -0.39 is 0 Å². The van der Waals surface area contributed by atoms with E-state index in [2.05, 4.69) is 42.4 Å². The Balaban J connectivity index is 1.30. The molecule has 0 bridgehead atoms. The van der Waals surface area contributed by atoms with Gasteiger partial charge in [0, 0.05) is 37.6 Å². The van der Waals surface area contributed by atoms with E-state index in [9.17, 15) is 0 Å². The SMILES string of the molecule is Nc1nc(NCC2CCCN2Cc2ccncc2)cc2nc(-c3ccco3)nn12. The van der Waals surface area contributed by atoms with Crippen LogP contribution in [0.5, 0.6) is 0 Å². The molecule has 4 aromatic rings. The highest BCUT2D eigenvalue weighted by Gasteiger charge is 2.24. The van der Waals surface area contributed by atoms with E-state index in [1.54, 1.807) is 12.3 Å². The monoisotopic (exact) mass is 390 g/mol. The molecule has 3 N–H and O–H groups in total. The molecule has 0 amide bonds. The van der Waals surface area contributed by atoms with Crippen molar-refractivity contribution < 1.29 is 4.42 Å². The van der Waals surface area contributed by atoms with Crippen molar-refractivity contribution in [1.29, 1.82) is 0 Å². The smallest absolute Gasteiger partial charge is 0.225 e. The standard InChI is InChI=1S/C20H22N8O/c21-20-24-17(11-18-25-19(26-28(18)20)16-4-2-10-29-16)23-12-15-3-1-9-27(15)13-14-5-7-22-8-6-14/h2,4-8,10-11,15,23H,1,3,9,12-13H2,(H2,21,24). The van der Waals surface area contributed by atoms with Crippen LogP contribution in [0.3, 0.4) is 0 Å². The summed E-state index contributed by atoms with van der Waals surface area (Å²) < 4.78 is 6.89. The predicted octanol–water partition coefficient (Wildman–Crippen LogP) is 2.44. The van der Waals surface area contributed by atoms with Crippen molar-refractivity contribution in [2.45, 2.75) is 25.4 Å². The van der Waals surface area contributed by atoms with Crippen LogP contribution in [0.1, 0.15) is 18.4 Å². The lowest BCUT2D eigenvalue weighted by Crippen LogP contribution is -2.34. The van der Waals surface area contributed by atoms with Gasteiger partial charge in [-0.15, -0.1) is 5.10 Å². The third-order valence-electron chi connectivity index (χ3n) is 5.24. The summed E-state index contributed by atoms with van der Waals surface area (Å²) in [4.78, 5) is 15.5. The lowest BCUT2D eigenvalue weighted by molar-refractivity contribution is 0.254. The van der Waals surface area contributed by atoms with E-state index in [4.69, 9.17) is 10.2 Å². The zero-order valence-corrected chi connectivity index (χ0v) is 15.9. The number of likely N-dealkylation sites (tertiary alicyclic amines) is 1. The van der Waals surface area contributed by atoms with E-state index in [1.807, 2.05) is 24.5 Å². The molecule has 1 fully saturated rings. The van der Waals surface area contributed by atoms with Gasteiger partial charge in [0.1, 0.15) is 5.82 Å². The van der Waals surface area contributed by atoms with Gasteiger partial charge in [-0.25, -0.2) is 4.98 Å². The van der Waals surface area contributed by atoms with Gasteiger partial charge in [-0.3, -0.25) is 9.88 Å². The Bertz CT molecular complexity index is 1090. The van der Waals surface area contributed by atoms with E-state index in [1.165, 1.54) is 16.5 Å². The molecule has 1 aliphatic heterocycles. The topological polar surface area (TPSA) is 110 Å². The summed E-state index contributed by atoms with van der Waals surface area (Å²) in [5, 5.41) is 7.81. The Morgan fingerprint density at radius 3 is 2.93 bits per heavy atom. The molecule has 1 unspecified atom stereocenters. The number of nitrogens with two attached hydrogens (primary N) is 1. The van der Waals surface area contributed by atoms with Crippen LogP contribution in [0.4, 0.5) is 11.8 Å². The average Bonchev–Trinajstić information content (AvgIpc) is 3.48. The lowest BCUT2D eigenvalue weighted by Gasteiger charge is -2.25. The second-order valence-corrected chi connectivity index (χ2v) is 7.19. The molecular weight excluding hydrogens is 368 g/mol. The molecule has 5 heterocycles. The number of anilines is 2. The predicted molar refractivity (Wildman–Crippen MR) is 109 cm³/mol. The summed E-state index contributed by atoms with van der Waals surface area (Å²) in [5.41, 5.74) is 8.01. The van der Waals surface area contributed by atoms with Crippen LogP contribution in [0, 0.1) is 0 Å². The molecule has 9 heteroatoms. The van der Waals surface area contributed by atoms with Crippen molar-refractivity contribution >= 4 is 17.4 Å². The molecule has 0 spiro atoms. The first kappa shape index (κ1) is 17.6. The van der Waals surface area contributed by atoms with Crippen molar-refractivity contribution in [3.63, 3.8) is 0 Å². The van der Waals surface area contributed by atoms with Crippen LogP contribution in [0.15, 0.2) is 53.4 Å². The molecule has 9 nitrogen and oxygen atoms in total. The van der Waals surface area contributed by atoms with Gasteiger partial charge in [0.15, 0.2) is 11.4 Å². The van der Waals surface area contributed by atoms with Crippen molar-refractivity contribution in [2.24, 2.45) is 0 Å². The highest BCUT2D eigenvalue weighted by molar-refractivity contribution is 5.58. The Hall–Kier alpha value is -3.46. The Kier molecular flexibility index (Phi) is 4.57. The molecule has 0 aliphatic carbocycles. The van der Waals surface area contributed by atoms with Crippen molar-refractivity contribution in [3.8, 4) is 11.6 Å². The number of pyridine rings is 1. The van der Waals surface area contributed by atoms with Gasteiger partial charge in [-0.05, 0) is 49.2 Å². The van der Waals surface area contributed by atoms with Crippen LogP contribution in [-0.2, 0) is 6.54 Å². The normalized spacial score (nSPS) is 17.2. The molecule has 0 saturated carbocycles. The first-order chi connectivity index (χ1) is 14.3. The van der Waals surface area contributed by atoms with Gasteiger partial charge >= 0.3 is 0 Å². The fraction of sp³-hybridized carbons (Fsp3) is 0.300. The van der Waals surface area contributed by atoms with Crippen LogP contribution < -0.4 is 11.1 Å². The van der Waals surface area contributed by atoms with Crippen LogP contribution >= 0.6 is 0 Å². The van der Waals surface area contributed by atoms with Gasteiger partial charge in [0.05, 0.1) is 6.26 Å². The number of fused-ring (bicyclic) bond motifs is 1. The molecule has 1 atom stereocenters. The van der Waals surface area contributed by atoms with Gasteiger partial charge in [-0.1, -0.05) is 0 Å². The maximum Gasteiger partial charge on any atom is 0.225 e. The van der Waals surface area contributed by atoms with Crippen molar-refractivity contribution in [3.05, 3.63) is 54.6 Å². The van der Waals surface area contributed by atoms with Gasteiger partial charge in [0.25, 0.3) is 0 Å². The number of nitrogens with one attached hydrogen (secondary N) is 1. The number of furan rings is 1. The Morgan fingerprint density at radius 1 is 1.21 bits per heavy atom. The summed E-state index contributed by atoms with van der Waals surface area (Å²) in [5.74, 6) is 2.07. The van der Waals surface area contributed by atoms with E-state index >= 15 is 0 Å². The first-order valence-electron chi connectivity index (χ1n) is 9.70. The van der Waals surface area contributed by atoms with Gasteiger partial charge in [-0.2, -0.15) is 9.50 Å². The highest BCUT2D eigenvalue weighted by atomic mass is 16.3. The zero-order chi connectivity index (χ0) is 19.6. The fourth-order valence-corrected chi connectivity index (χ4v) is 3.79. The number of aromatic nitrogens is 5. The fourth-order valence-electron chi connectivity index (χ4n) is 3.79.